The van der Waals surface area contributed by atoms with Crippen molar-refractivity contribution in [2.75, 3.05) is 33.1 Å². The lowest BCUT2D eigenvalue weighted by molar-refractivity contribution is -0.132. The van der Waals surface area contributed by atoms with Crippen molar-refractivity contribution in [1.29, 1.82) is 0 Å². The Morgan fingerprint density at radius 3 is 2.30 bits per heavy atom. The number of aryl methyl sites for hydroxylation is 1. The number of carbonyl (C=O) groups excluding carboxylic acids is 3. The molecule has 3 amide bonds. The summed E-state index contributed by atoms with van der Waals surface area (Å²) in [6, 6.07) is 10.4. The van der Waals surface area contributed by atoms with E-state index >= 15 is 0 Å². The molecular formula is C23H22ClN3O5S. The van der Waals surface area contributed by atoms with Crippen molar-refractivity contribution in [3.05, 3.63) is 58.1 Å². The van der Waals surface area contributed by atoms with Crippen LogP contribution in [0.25, 0.3) is 6.08 Å². The number of methoxy groups -OCH3 is 1. The maximum absolute atomic E-state index is 12.5. The van der Waals surface area contributed by atoms with Crippen LogP contribution in [-0.2, 0) is 14.4 Å². The Balaban J connectivity index is 1.79. The zero-order valence-electron chi connectivity index (χ0n) is 18.5. The molecule has 2 aromatic rings. The van der Waals surface area contributed by atoms with Crippen LogP contribution in [0, 0.1) is 6.92 Å². The number of hydrogen-bond donors (Lipinski definition) is 1. The average Bonchev–Trinajstić information content (AvgIpc) is 2.79. The highest BCUT2D eigenvalue weighted by Gasteiger charge is 2.35. The van der Waals surface area contributed by atoms with E-state index in [2.05, 4.69) is 5.32 Å². The first-order chi connectivity index (χ1) is 15.6. The average molecular weight is 488 g/mol. The third kappa shape index (κ3) is 5.32. The highest BCUT2D eigenvalue weighted by atomic mass is 35.5. The molecule has 1 N–H and O–H groups in total. The quantitative estimate of drug-likeness (QED) is 0.382. The zero-order chi connectivity index (χ0) is 24.3. The molecule has 2 aromatic carbocycles. The highest BCUT2D eigenvalue weighted by molar-refractivity contribution is 7.80. The van der Waals surface area contributed by atoms with E-state index in [1.54, 1.807) is 18.2 Å². The van der Waals surface area contributed by atoms with Gasteiger partial charge in [0.25, 0.3) is 17.7 Å². The summed E-state index contributed by atoms with van der Waals surface area (Å²) >= 11 is 11.5. The Morgan fingerprint density at radius 1 is 1.12 bits per heavy atom. The Hall–Kier alpha value is -3.43. The van der Waals surface area contributed by atoms with Crippen LogP contribution in [0.15, 0.2) is 42.0 Å². The molecule has 1 aliphatic heterocycles. The molecule has 0 atom stereocenters. The minimum absolute atomic E-state index is 0.0714. The maximum atomic E-state index is 12.5. The second kappa shape index (κ2) is 10.0. The summed E-state index contributed by atoms with van der Waals surface area (Å²) in [4.78, 5) is 39.8. The maximum Gasteiger partial charge on any atom is 0.265 e. The van der Waals surface area contributed by atoms with Gasteiger partial charge in [-0.15, -0.1) is 0 Å². The first-order valence-electron chi connectivity index (χ1n) is 9.81. The van der Waals surface area contributed by atoms with Crippen molar-refractivity contribution in [2.45, 2.75) is 6.92 Å². The van der Waals surface area contributed by atoms with E-state index in [0.717, 1.165) is 5.56 Å². The monoisotopic (exact) mass is 487 g/mol. The third-order valence-corrected chi connectivity index (χ3v) is 5.72. The van der Waals surface area contributed by atoms with Crippen LogP contribution in [0.2, 0.25) is 5.02 Å². The molecule has 0 spiro atoms. The third-order valence-electron chi connectivity index (χ3n) is 4.89. The molecule has 0 bridgehead atoms. The molecule has 0 aliphatic carbocycles. The van der Waals surface area contributed by atoms with Gasteiger partial charge in [0.15, 0.2) is 23.2 Å². The minimum Gasteiger partial charge on any atom is -0.493 e. The van der Waals surface area contributed by atoms with Crippen LogP contribution >= 0.6 is 23.8 Å². The number of benzene rings is 2. The molecule has 1 aliphatic rings. The first kappa shape index (κ1) is 24.2. The van der Waals surface area contributed by atoms with Gasteiger partial charge in [0.1, 0.15) is 5.57 Å². The first-order valence-corrected chi connectivity index (χ1v) is 10.6. The number of nitrogens with one attached hydrogen (secondary N) is 1. The van der Waals surface area contributed by atoms with Crippen LogP contribution in [0.5, 0.6) is 11.5 Å². The number of carbonyl (C=O) groups is 3. The van der Waals surface area contributed by atoms with Gasteiger partial charge in [0, 0.05) is 19.8 Å². The van der Waals surface area contributed by atoms with Crippen molar-refractivity contribution >= 4 is 58.4 Å². The van der Waals surface area contributed by atoms with E-state index < -0.39 is 11.8 Å². The molecular weight excluding hydrogens is 466 g/mol. The van der Waals surface area contributed by atoms with Gasteiger partial charge < -0.3 is 14.8 Å². The van der Waals surface area contributed by atoms with Crippen molar-refractivity contribution in [3.8, 4) is 11.5 Å². The molecule has 33 heavy (non-hydrogen) atoms. The summed E-state index contributed by atoms with van der Waals surface area (Å²) in [5.41, 5.74) is 2.09. The molecule has 1 saturated heterocycles. The summed E-state index contributed by atoms with van der Waals surface area (Å²) in [5.74, 6) is -1.01. The largest absolute Gasteiger partial charge is 0.493 e. The SMILES string of the molecule is COc1cc(C=C2C(=O)N(C)C(=S)N(C)C2=O)cc(Cl)c1OCC(=O)Nc1ccc(C)cc1. The molecule has 0 aromatic heterocycles. The van der Waals surface area contributed by atoms with Crippen LogP contribution in [0.1, 0.15) is 11.1 Å². The lowest BCUT2D eigenvalue weighted by atomic mass is 10.1. The van der Waals surface area contributed by atoms with Gasteiger partial charge in [-0.1, -0.05) is 29.3 Å². The van der Waals surface area contributed by atoms with Crippen molar-refractivity contribution in [1.82, 2.24) is 9.80 Å². The summed E-state index contributed by atoms with van der Waals surface area (Å²) < 4.78 is 10.9. The normalized spacial score (nSPS) is 13.8. The van der Waals surface area contributed by atoms with E-state index in [1.165, 1.54) is 43.1 Å². The van der Waals surface area contributed by atoms with E-state index in [0.29, 0.717) is 11.3 Å². The molecule has 0 unspecified atom stereocenters. The minimum atomic E-state index is -0.522. The second-order valence-electron chi connectivity index (χ2n) is 7.31. The number of hydrogen-bond acceptors (Lipinski definition) is 6. The van der Waals surface area contributed by atoms with Crippen LogP contribution in [-0.4, -0.2) is 60.4 Å². The fourth-order valence-corrected chi connectivity index (χ4v) is 3.52. The van der Waals surface area contributed by atoms with Crippen molar-refractivity contribution < 1.29 is 23.9 Å². The molecule has 3 rings (SSSR count). The van der Waals surface area contributed by atoms with Crippen LogP contribution in [0.4, 0.5) is 5.69 Å². The fourth-order valence-electron chi connectivity index (χ4n) is 3.08. The van der Waals surface area contributed by atoms with E-state index in [-0.39, 0.29) is 39.7 Å². The summed E-state index contributed by atoms with van der Waals surface area (Å²) in [6.07, 6.45) is 1.40. The summed E-state index contributed by atoms with van der Waals surface area (Å²) in [5, 5.41) is 3.00. The number of nitrogens with zero attached hydrogens (tertiary/aromatic N) is 2. The van der Waals surface area contributed by atoms with Crippen molar-refractivity contribution in [2.24, 2.45) is 0 Å². The number of halogens is 1. The van der Waals surface area contributed by atoms with E-state index in [9.17, 15) is 14.4 Å². The van der Waals surface area contributed by atoms with Gasteiger partial charge >= 0.3 is 0 Å². The Morgan fingerprint density at radius 2 is 1.73 bits per heavy atom. The number of rotatable bonds is 6. The highest BCUT2D eigenvalue weighted by Crippen LogP contribution is 2.37. The van der Waals surface area contributed by atoms with Crippen LogP contribution in [0.3, 0.4) is 0 Å². The molecule has 172 valence electrons. The van der Waals surface area contributed by atoms with Gasteiger partial charge in [-0.05, 0) is 55.0 Å². The van der Waals surface area contributed by atoms with Gasteiger partial charge in [-0.25, -0.2) is 0 Å². The summed E-state index contributed by atoms with van der Waals surface area (Å²) in [6.45, 7) is 1.66. The fraction of sp³-hybridized carbons (Fsp3) is 0.217. The number of ether oxygens (including phenoxy) is 2. The zero-order valence-corrected chi connectivity index (χ0v) is 20.0. The summed E-state index contributed by atoms with van der Waals surface area (Å²) in [7, 11) is 4.40. The molecule has 1 fully saturated rings. The number of thiocarbonyl (C=S) groups is 1. The molecule has 0 radical (unpaired) electrons. The van der Waals surface area contributed by atoms with Gasteiger partial charge in [-0.3, -0.25) is 24.2 Å². The topological polar surface area (TPSA) is 88.2 Å². The molecule has 10 heteroatoms. The molecule has 1 heterocycles. The molecule has 8 nitrogen and oxygen atoms in total. The lowest BCUT2D eigenvalue weighted by Crippen LogP contribution is -2.52. The van der Waals surface area contributed by atoms with Crippen LogP contribution < -0.4 is 14.8 Å². The Labute approximate surface area is 201 Å². The Kier molecular flexibility index (Phi) is 7.35. The Bertz CT molecular complexity index is 1140. The van der Waals surface area contributed by atoms with Gasteiger partial charge in [0.05, 0.1) is 12.1 Å². The standard InChI is InChI=1S/C23H22ClN3O5S/c1-13-5-7-15(8-6-13)25-19(28)12-32-20-17(24)10-14(11-18(20)31-4)9-16-21(29)26(2)23(33)27(3)22(16)30/h5-11H,12H2,1-4H3,(H,25,28). The molecule has 0 saturated carbocycles. The number of likely N-dealkylation sites (N-methyl/N-ethyl adjacent to an activating group) is 2. The predicted octanol–water partition coefficient (Wildman–Crippen LogP) is 3.27. The van der Waals surface area contributed by atoms with Gasteiger partial charge in [-0.2, -0.15) is 0 Å². The number of amides is 3. The lowest BCUT2D eigenvalue weighted by Gasteiger charge is -2.31. The predicted molar refractivity (Wildman–Crippen MR) is 129 cm³/mol. The van der Waals surface area contributed by atoms with Crippen molar-refractivity contribution in [3.63, 3.8) is 0 Å². The number of anilines is 1. The van der Waals surface area contributed by atoms with Gasteiger partial charge in [0.2, 0.25) is 0 Å². The van der Waals surface area contributed by atoms with E-state index in [1.807, 2.05) is 19.1 Å². The second-order valence-corrected chi connectivity index (χ2v) is 8.08. The van der Waals surface area contributed by atoms with E-state index in [4.69, 9.17) is 33.3 Å². The smallest absolute Gasteiger partial charge is 0.265 e.